The predicted octanol–water partition coefficient (Wildman–Crippen LogP) is 2.69. The summed E-state index contributed by atoms with van der Waals surface area (Å²) in [6.07, 6.45) is 1.39. The van der Waals surface area contributed by atoms with Crippen LogP contribution in [0.2, 0.25) is 0 Å². The normalized spacial score (nSPS) is 14.3. The van der Waals surface area contributed by atoms with E-state index in [1.807, 2.05) is 30.3 Å². The SMILES string of the molecule is N#C/C(=C/Nc1ccccc1N1CCOCC1)C(=O)Nc1cccc(O)c1. The number of nitrogens with one attached hydrogen (secondary N) is 2. The average Bonchev–Trinajstić information content (AvgIpc) is 2.69. The van der Waals surface area contributed by atoms with E-state index in [9.17, 15) is 15.2 Å². The number of aromatic hydroxyl groups is 1. The van der Waals surface area contributed by atoms with E-state index in [2.05, 4.69) is 15.5 Å². The van der Waals surface area contributed by atoms with E-state index < -0.39 is 5.91 Å². The molecule has 1 heterocycles. The van der Waals surface area contributed by atoms with Gasteiger partial charge in [0.15, 0.2) is 0 Å². The first kappa shape index (κ1) is 18.3. The summed E-state index contributed by atoms with van der Waals surface area (Å²) < 4.78 is 5.39. The minimum Gasteiger partial charge on any atom is -0.508 e. The Hall–Kier alpha value is -3.50. The van der Waals surface area contributed by atoms with Gasteiger partial charge in [0.05, 0.1) is 24.6 Å². The molecule has 7 nitrogen and oxygen atoms in total. The van der Waals surface area contributed by atoms with Gasteiger partial charge in [-0.25, -0.2) is 0 Å². The molecular weight excluding hydrogens is 344 g/mol. The highest BCUT2D eigenvalue weighted by molar-refractivity contribution is 6.06. The number of morpholine rings is 1. The van der Waals surface area contributed by atoms with Crippen molar-refractivity contribution in [1.82, 2.24) is 0 Å². The fraction of sp³-hybridized carbons (Fsp3) is 0.200. The van der Waals surface area contributed by atoms with Crippen molar-refractivity contribution in [3.63, 3.8) is 0 Å². The maximum Gasteiger partial charge on any atom is 0.267 e. The third-order valence-electron chi connectivity index (χ3n) is 4.10. The Balaban J connectivity index is 1.73. The summed E-state index contributed by atoms with van der Waals surface area (Å²) in [6, 6.07) is 15.8. The number of benzene rings is 2. The van der Waals surface area contributed by atoms with Crippen molar-refractivity contribution < 1.29 is 14.6 Å². The van der Waals surface area contributed by atoms with Gasteiger partial charge in [-0.1, -0.05) is 18.2 Å². The molecule has 27 heavy (non-hydrogen) atoms. The number of phenols is 1. The van der Waals surface area contributed by atoms with Gasteiger partial charge in [0.1, 0.15) is 17.4 Å². The maximum absolute atomic E-state index is 12.3. The van der Waals surface area contributed by atoms with Crippen molar-refractivity contribution in [2.45, 2.75) is 0 Å². The quantitative estimate of drug-likeness (QED) is 0.557. The summed E-state index contributed by atoms with van der Waals surface area (Å²) in [5.41, 5.74) is 2.13. The molecule has 0 saturated carbocycles. The van der Waals surface area contributed by atoms with E-state index in [1.165, 1.54) is 18.3 Å². The minimum absolute atomic E-state index is 0.0350. The van der Waals surface area contributed by atoms with Crippen LogP contribution in [0.3, 0.4) is 0 Å². The lowest BCUT2D eigenvalue weighted by Gasteiger charge is -2.30. The molecule has 1 amide bonds. The van der Waals surface area contributed by atoms with Crippen LogP contribution < -0.4 is 15.5 Å². The Morgan fingerprint density at radius 3 is 2.70 bits per heavy atom. The largest absolute Gasteiger partial charge is 0.508 e. The van der Waals surface area contributed by atoms with Crippen molar-refractivity contribution in [2.24, 2.45) is 0 Å². The molecule has 7 heteroatoms. The van der Waals surface area contributed by atoms with Crippen LogP contribution in [0.1, 0.15) is 0 Å². The Morgan fingerprint density at radius 2 is 1.96 bits per heavy atom. The maximum atomic E-state index is 12.3. The minimum atomic E-state index is -0.556. The molecule has 0 radical (unpaired) electrons. The Labute approximate surface area is 157 Å². The lowest BCUT2D eigenvalue weighted by molar-refractivity contribution is -0.112. The number of carbonyl (C=O) groups excluding carboxylic acids is 1. The monoisotopic (exact) mass is 364 g/mol. The molecule has 2 aromatic rings. The smallest absolute Gasteiger partial charge is 0.267 e. The van der Waals surface area contributed by atoms with Crippen LogP contribution >= 0.6 is 0 Å². The molecule has 3 N–H and O–H groups in total. The van der Waals surface area contributed by atoms with Crippen LogP contribution in [0.15, 0.2) is 60.3 Å². The highest BCUT2D eigenvalue weighted by Crippen LogP contribution is 2.26. The lowest BCUT2D eigenvalue weighted by Crippen LogP contribution is -2.36. The number of nitrogens with zero attached hydrogens (tertiary/aromatic N) is 2. The number of amides is 1. The molecular formula is C20H20N4O3. The van der Waals surface area contributed by atoms with E-state index in [1.54, 1.807) is 12.1 Å². The Bertz CT molecular complexity index is 883. The van der Waals surface area contributed by atoms with Gasteiger partial charge in [0.2, 0.25) is 0 Å². The fourth-order valence-corrected chi connectivity index (χ4v) is 2.76. The van der Waals surface area contributed by atoms with Gasteiger partial charge in [-0.2, -0.15) is 5.26 Å². The van der Waals surface area contributed by atoms with Crippen molar-refractivity contribution >= 4 is 23.0 Å². The number of anilines is 3. The number of ether oxygens (including phenoxy) is 1. The molecule has 1 saturated heterocycles. The van der Waals surface area contributed by atoms with Crippen molar-refractivity contribution in [1.29, 1.82) is 5.26 Å². The molecule has 0 aromatic heterocycles. The van der Waals surface area contributed by atoms with Crippen LogP contribution in [0, 0.1) is 11.3 Å². The number of hydrogen-bond donors (Lipinski definition) is 3. The van der Waals surface area contributed by atoms with Crippen LogP contribution in [0.4, 0.5) is 17.1 Å². The first-order valence-electron chi connectivity index (χ1n) is 8.56. The molecule has 0 atom stereocenters. The van der Waals surface area contributed by atoms with E-state index in [-0.39, 0.29) is 11.3 Å². The second kappa shape index (κ2) is 8.74. The zero-order valence-electron chi connectivity index (χ0n) is 14.7. The average molecular weight is 364 g/mol. The van der Waals surface area contributed by atoms with Crippen LogP contribution in [0.5, 0.6) is 5.75 Å². The molecule has 1 fully saturated rings. The van der Waals surface area contributed by atoms with Gasteiger partial charge < -0.3 is 25.4 Å². The van der Waals surface area contributed by atoms with Gasteiger partial charge in [0.25, 0.3) is 5.91 Å². The standard InChI is InChI=1S/C20H20N4O3/c21-13-15(20(26)23-16-4-3-5-17(25)12-16)14-22-18-6-1-2-7-19(18)24-8-10-27-11-9-24/h1-7,12,14,22,25H,8-11H2,(H,23,26)/b15-14-. The first-order valence-corrected chi connectivity index (χ1v) is 8.56. The van der Waals surface area contributed by atoms with Crippen molar-refractivity contribution in [3.05, 3.63) is 60.3 Å². The number of carbonyl (C=O) groups is 1. The van der Waals surface area contributed by atoms with Gasteiger partial charge in [-0.3, -0.25) is 4.79 Å². The lowest BCUT2D eigenvalue weighted by atomic mass is 10.2. The third-order valence-corrected chi connectivity index (χ3v) is 4.10. The highest BCUT2D eigenvalue weighted by Gasteiger charge is 2.15. The predicted molar refractivity (Wildman–Crippen MR) is 104 cm³/mol. The second-order valence-electron chi connectivity index (χ2n) is 5.94. The molecule has 0 spiro atoms. The fourth-order valence-electron chi connectivity index (χ4n) is 2.76. The van der Waals surface area contributed by atoms with Crippen molar-refractivity contribution in [3.8, 4) is 11.8 Å². The van der Waals surface area contributed by atoms with E-state index in [0.717, 1.165) is 24.5 Å². The van der Waals surface area contributed by atoms with Gasteiger partial charge in [-0.15, -0.1) is 0 Å². The molecule has 1 aliphatic heterocycles. The summed E-state index contributed by atoms with van der Waals surface area (Å²) in [5.74, 6) is -0.521. The first-order chi connectivity index (χ1) is 13.2. The summed E-state index contributed by atoms with van der Waals surface area (Å²) in [4.78, 5) is 14.5. The van der Waals surface area contributed by atoms with Crippen LogP contribution in [0.25, 0.3) is 0 Å². The number of rotatable bonds is 5. The molecule has 0 unspecified atom stereocenters. The zero-order chi connectivity index (χ0) is 19.1. The zero-order valence-corrected chi connectivity index (χ0v) is 14.7. The summed E-state index contributed by atoms with van der Waals surface area (Å²) >= 11 is 0. The molecule has 0 aliphatic carbocycles. The van der Waals surface area contributed by atoms with E-state index in [0.29, 0.717) is 18.9 Å². The summed E-state index contributed by atoms with van der Waals surface area (Å²) in [5, 5.41) is 24.5. The Morgan fingerprint density at radius 1 is 1.19 bits per heavy atom. The summed E-state index contributed by atoms with van der Waals surface area (Å²) in [7, 11) is 0. The van der Waals surface area contributed by atoms with Gasteiger partial charge in [-0.05, 0) is 24.3 Å². The second-order valence-corrected chi connectivity index (χ2v) is 5.94. The number of phenolic OH excluding ortho intramolecular Hbond substituents is 1. The van der Waals surface area contributed by atoms with Crippen LogP contribution in [-0.4, -0.2) is 37.3 Å². The van der Waals surface area contributed by atoms with E-state index in [4.69, 9.17) is 4.74 Å². The summed E-state index contributed by atoms with van der Waals surface area (Å²) in [6.45, 7) is 2.90. The molecule has 138 valence electrons. The third kappa shape index (κ3) is 4.77. The van der Waals surface area contributed by atoms with Gasteiger partial charge in [0, 0.05) is 31.0 Å². The number of para-hydroxylation sites is 2. The number of nitriles is 1. The topological polar surface area (TPSA) is 97.6 Å². The van der Waals surface area contributed by atoms with Gasteiger partial charge >= 0.3 is 0 Å². The van der Waals surface area contributed by atoms with Crippen molar-refractivity contribution in [2.75, 3.05) is 41.8 Å². The molecule has 2 aromatic carbocycles. The number of hydrogen-bond acceptors (Lipinski definition) is 6. The van der Waals surface area contributed by atoms with E-state index >= 15 is 0 Å². The molecule has 1 aliphatic rings. The molecule has 0 bridgehead atoms. The molecule has 3 rings (SSSR count). The Kier molecular flexibility index (Phi) is 5.92. The van der Waals surface area contributed by atoms with Crippen LogP contribution in [-0.2, 0) is 9.53 Å². The highest BCUT2D eigenvalue weighted by atomic mass is 16.5.